The number of esters is 1. The molecule has 0 amide bonds. The number of anilines is 1. The molecule has 2 rings (SSSR count). The molecular weight excluding hydrogens is 300 g/mol. The quantitative estimate of drug-likeness (QED) is 0.500. The fourth-order valence-corrected chi connectivity index (χ4v) is 2.06. The predicted octanol–water partition coefficient (Wildman–Crippen LogP) is 3.00. The summed E-state index contributed by atoms with van der Waals surface area (Å²) in [6, 6.07) is 11.5. The maximum absolute atomic E-state index is 11.5. The van der Waals surface area contributed by atoms with Crippen molar-refractivity contribution in [2.24, 2.45) is 0 Å². The summed E-state index contributed by atoms with van der Waals surface area (Å²) in [5.41, 5.74) is 1.18. The van der Waals surface area contributed by atoms with Crippen LogP contribution >= 0.6 is 0 Å². The number of hydrogen-bond acceptors (Lipinski definition) is 6. The van der Waals surface area contributed by atoms with Crippen molar-refractivity contribution in [1.29, 1.82) is 0 Å². The zero-order chi connectivity index (χ0) is 16.8. The van der Waals surface area contributed by atoms with Crippen molar-refractivity contribution in [3.8, 4) is 5.75 Å². The highest BCUT2D eigenvalue weighted by Gasteiger charge is 2.17. The summed E-state index contributed by atoms with van der Waals surface area (Å²) in [5.74, 6) is 0.0901. The molecule has 23 heavy (non-hydrogen) atoms. The molecule has 120 valence electrons. The second-order valence-electron chi connectivity index (χ2n) is 4.69. The number of ether oxygens (including phenoxy) is 2. The van der Waals surface area contributed by atoms with Crippen LogP contribution in [-0.4, -0.2) is 25.1 Å². The molecule has 0 saturated carbocycles. The van der Waals surface area contributed by atoms with E-state index in [1.54, 1.807) is 7.11 Å². The molecule has 0 fully saturated rings. The van der Waals surface area contributed by atoms with Gasteiger partial charge in [0.05, 0.1) is 24.7 Å². The number of hydrogen-bond donors (Lipinski definition) is 1. The highest BCUT2D eigenvalue weighted by Crippen LogP contribution is 2.26. The Kier molecular flexibility index (Phi) is 5.14. The fourth-order valence-electron chi connectivity index (χ4n) is 2.06. The molecule has 2 aromatic rings. The van der Waals surface area contributed by atoms with Crippen molar-refractivity contribution in [2.75, 3.05) is 19.5 Å². The zero-order valence-corrected chi connectivity index (χ0v) is 12.7. The summed E-state index contributed by atoms with van der Waals surface area (Å²) in [7, 11) is 2.80. The number of benzene rings is 2. The van der Waals surface area contributed by atoms with Gasteiger partial charge in [-0.15, -0.1) is 0 Å². The van der Waals surface area contributed by atoms with E-state index in [9.17, 15) is 14.9 Å². The Hall–Kier alpha value is -3.09. The van der Waals surface area contributed by atoms with Crippen LogP contribution < -0.4 is 10.1 Å². The number of nitrogens with one attached hydrogen (secondary N) is 1. The van der Waals surface area contributed by atoms with Crippen LogP contribution in [0.5, 0.6) is 5.75 Å². The maximum Gasteiger partial charge on any atom is 0.338 e. The molecule has 7 heteroatoms. The van der Waals surface area contributed by atoms with Crippen molar-refractivity contribution >= 4 is 17.3 Å². The molecular formula is C16H16N2O5. The van der Waals surface area contributed by atoms with Gasteiger partial charge in [0.1, 0.15) is 11.4 Å². The van der Waals surface area contributed by atoms with Gasteiger partial charge in [0.2, 0.25) is 0 Å². The number of carbonyl (C=O) groups is 1. The summed E-state index contributed by atoms with van der Waals surface area (Å²) < 4.78 is 9.71. The van der Waals surface area contributed by atoms with E-state index >= 15 is 0 Å². The van der Waals surface area contributed by atoms with E-state index in [-0.39, 0.29) is 11.3 Å². The Bertz CT molecular complexity index is 730. The van der Waals surface area contributed by atoms with Crippen LogP contribution in [-0.2, 0) is 11.3 Å². The van der Waals surface area contributed by atoms with Crippen LogP contribution in [0.3, 0.4) is 0 Å². The largest absolute Gasteiger partial charge is 0.497 e. The molecule has 0 aliphatic carbocycles. The number of rotatable bonds is 6. The third-order valence-corrected chi connectivity index (χ3v) is 3.23. The van der Waals surface area contributed by atoms with E-state index in [0.717, 1.165) is 5.56 Å². The Morgan fingerprint density at radius 2 is 2.00 bits per heavy atom. The molecule has 0 spiro atoms. The van der Waals surface area contributed by atoms with Crippen molar-refractivity contribution in [2.45, 2.75) is 6.54 Å². The van der Waals surface area contributed by atoms with Crippen molar-refractivity contribution in [3.63, 3.8) is 0 Å². The molecule has 0 radical (unpaired) electrons. The van der Waals surface area contributed by atoms with Gasteiger partial charge < -0.3 is 14.8 Å². The van der Waals surface area contributed by atoms with Crippen molar-refractivity contribution in [3.05, 3.63) is 63.7 Å². The minimum absolute atomic E-state index is 0.131. The summed E-state index contributed by atoms with van der Waals surface area (Å²) >= 11 is 0. The lowest BCUT2D eigenvalue weighted by atomic mass is 10.1. The van der Waals surface area contributed by atoms with Crippen molar-refractivity contribution < 1.29 is 19.2 Å². The highest BCUT2D eigenvalue weighted by molar-refractivity contribution is 5.91. The first-order chi connectivity index (χ1) is 11.0. The summed E-state index contributed by atoms with van der Waals surface area (Å²) in [6.45, 7) is 0.385. The Morgan fingerprint density at radius 3 is 2.65 bits per heavy atom. The SMILES string of the molecule is COC(=O)c1ccc(NCc2cccc(OC)c2)c([N+](=O)[O-])c1. The minimum atomic E-state index is -0.618. The number of nitro benzene ring substituents is 1. The van der Waals surface area contributed by atoms with Crippen molar-refractivity contribution in [1.82, 2.24) is 0 Å². The third-order valence-electron chi connectivity index (χ3n) is 3.23. The molecule has 0 bridgehead atoms. The number of nitrogens with zero attached hydrogens (tertiary/aromatic N) is 1. The van der Waals surface area contributed by atoms with Gasteiger partial charge in [-0.25, -0.2) is 4.79 Å². The van der Waals surface area contributed by atoms with E-state index in [4.69, 9.17) is 4.74 Å². The second-order valence-corrected chi connectivity index (χ2v) is 4.69. The van der Waals surface area contributed by atoms with Gasteiger partial charge in [0.25, 0.3) is 5.69 Å². The monoisotopic (exact) mass is 316 g/mol. The standard InChI is InChI=1S/C16H16N2O5/c1-22-13-5-3-4-11(8-13)10-17-14-7-6-12(16(19)23-2)9-15(14)18(20)21/h3-9,17H,10H2,1-2H3. The molecule has 7 nitrogen and oxygen atoms in total. The summed E-state index contributed by atoms with van der Waals surface area (Å²) in [4.78, 5) is 22.1. The second kappa shape index (κ2) is 7.26. The number of carbonyl (C=O) groups excluding carboxylic acids is 1. The normalized spacial score (nSPS) is 10.0. The number of nitro groups is 1. The lowest BCUT2D eigenvalue weighted by molar-refractivity contribution is -0.384. The predicted molar refractivity (Wildman–Crippen MR) is 84.8 cm³/mol. The summed E-state index contributed by atoms with van der Waals surface area (Å²) in [6.07, 6.45) is 0. The first kappa shape index (κ1) is 16.3. The molecule has 0 aliphatic rings. The Labute approximate surface area is 133 Å². The van der Waals surface area contributed by atoms with Gasteiger partial charge in [-0.3, -0.25) is 10.1 Å². The molecule has 1 N–H and O–H groups in total. The van der Waals surface area contributed by atoms with Crippen LogP contribution in [0.2, 0.25) is 0 Å². The van der Waals surface area contributed by atoms with Gasteiger partial charge in [0, 0.05) is 12.6 Å². The van der Waals surface area contributed by atoms with Crippen LogP contribution in [0.4, 0.5) is 11.4 Å². The van der Waals surface area contributed by atoms with Gasteiger partial charge in [-0.1, -0.05) is 12.1 Å². The van der Waals surface area contributed by atoms with E-state index < -0.39 is 10.9 Å². The summed E-state index contributed by atoms with van der Waals surface area (Å²) in [5, 5.41) is 14.2. The van der Waals surface area contributed by atoms with Gasteiger partial charge in [0.15, 0.2) is 0 Å². The van der Waals surface area contributed by atoms with Crippen LogP contribution in [0, 0.1) is 10.1 Å². The lowest BCUT2D eigenvalue weighted by Crippen LogP contribution is -2.06. The first-order valence-electron chi connectivity index (χ1n) is 6.78. The Balaban J connectivity index is 2.21. The smallest absolute Gasteiger partial charge is 0.338 e. The lowest BCUT2D eigenvalue weighted by Gasteiger charge is -2.09. The minimum Gasteiger partial charge on any atom is -0.497 e. The Morgan fingerprint density at radius 1 is 1.22 bits per heavy atom. The van der Waals surface area contributed by atoms with E-state index in [1.807, 2.05) is 24.3 Å². The first-order valence-corrected chi connectivity index (χ1v) is 6.78. The number of methoxy groups -OCH3 is 2. The van der Waals surface area contributed by atoms with Gasteiger partial charge in [-0.2, -0.15) is 0 Å². The molecule has 0 aliphatic heterocycles. The molecule has 0 unspecified atom stereocenters. The van der Waals surface area contributed by atoms with E-state index in [0.29, 0.717) is 18.0 Å². The van der Waals surface area contributed by atoms with E-state index in [1.165, 1.54) is 25.3 Å². The maximum atomic E-state index is 11.5. The van der Waals surface area contributed by atoms with Crippen LogP contribution in [0.15, 0.2) is 42.5 Å². The van der Waals surface area contributed by atoms with E-state index in [2.05, 4.69) is 10.1 Å². The third kappa shape index (κ3) is 3.97. The molecule has 0 atom stereocenters. The molecule has 0 aromatic heterocycles. The van der Waals surface area contributed by atoms with Crippen LogP contribution in [0.1, 0.15) is 15.9 Å². The highest BCUT2D eigenvalue weighted by atomic mass is 16.6. The fraction of sp³-hybridized carbons (Fsp3) is 0.188. The van der Waals surface area contributed by atoms with Gasteiger partial charge >= 0.3 is 5.97 Å². The molecule has 0 saturated heterocycles. The average molecular weight is 316 g/mol. The average Bonchev–Trinajstić information content (AvgIpc) is 2.59. The zero-order valence-electron chi connectivity index (χ0n) is 12.7. The van der Waals surface area contributed by atoms with Crippen LogP contribution in [0.25, 0.3) is 0 Å². The molecule has 2 aromatic carbocycles. The molecule has 0 heterocycles. The topological polar surface area (TPSA) is 90.7 Å². The van der Waals surface area contributed by atoms with Gasteiger partial charge in [-0.05, 0) is 29.8 Å².